The predicted octanol–water partition coefficient (Wildman–Crippen LogP) is 1.95. The minimum Gasteiger partial charge on any atom is -0.443 e. The second-order valence-corrected chi connectivity index (χ2v) is 9.76. The second kappa shape index (κ2) is 9.35. The largest absolute Gasteiger partial charge is 0.443 e. The molecule has 4 N–H and O–H groups in total. The van der Waals surface area contributed by atoms with Gasteiger partial charge in [0.1, 0.15) is 24.4 Å². The van der Waals surface area contributed by atoms with Gasteiger partial charge < -0.3 is 29.9 Å². The molecule has 1 aromatic heterocycles. The van der Waals surface area contributed by atoms with Crippen LogP contribution in [0.1, 0.15) is 72.9 Å². The fourth-order valence-electron chi connectivity index (χ4n) is 5.13. The summed E-state index contributed by atoms with van der Waals surface area (Å²) in [5, 5.41) is 45.0. The van der Waals surface area contributed by atoms with Crippen molar-refractivity contribution < 1.29 is 29.9 Å². The van der Waals surface area contributed by atoms with Crippen molar-refractivity contribution in [3.8, 4) is 5.88 Å². The Labute approximate surface area is 193 Å². The van der Waals surface area contributed by atoms with Crippen LogP contribution in [0.4, 0.5) is 0 Å². The summed E-state index contributed by atoms with van der Waals surface area (Å²) in [6.45, 7) is 1.54. The first kappa shape index (κ1) is 22.8. The third-order valence-electron chi connectivity index (χ3n) is 7.39. The molecule has 0 radical (unpaired) electrons. The molecule has 2 saturated carbocycles. The Balaban J connectivity index is 1.43. The van der Waals surface area contributed by atoms with Gasteiger partial charge in [0.25, 0.3) is 0 Å². The maximum Gasteiger partial charge on any atom is 0.239 e. The summed E-state index contributed by atoms with van der Waals surface area (Å²) in [6.07, 6.45) is 0.983. The summed E-state index contributed by atoms with van der Waals surface area (Å²) < 4.78 is 13.6. The molecule has 2 aromatic rings. The molecule has 180 valence electrons. The highest BCUT2D eigenvalue weighted by molar-refractivity contribution is 5.38. The second-order valence-electron chi connectivity index (χ2n) is 9.76. The first-order valence-electron chi connectivity index (χ1n) is 12.1. The van der Waals surface area contributed by atoms with E-state index in [-0.39, 0.29) is 0 Å². The maximum absolute atomic E-state index is 10.5. The lowest BCUT2D eigenvalue weighted by Crippen LogP contribution is -2.60. The molecule has 8 nitrogen and oxygen atoms in total. The van der Waals surface area contributed by atoms with Crippen molar-refractivity contribution in [2.75, 3.05) is 6.61 Å². The van der Waals surface area contributed by atoms with Gasteiger partial charge in [-0.2, -0.15) is 0 Å². The van der Waals surface area contributed by atoms with Gasteiger partial charge in [-0.3, -0.25) is 4.68 Å². The van der Waals surface area contributed by atoms with Gasteiger partial charge in [0.05, 0.1) is 12.6 Å². The molecule has 0 bridgehead atoms. The van der Waals surface area contributed by atoms with E-state index in [9.17, 15) is 20.4 Å². The van der Waals surface area contributed by atoms with Crippen LogP contribution in [-0.2, 0) is 11.2 Å². The minimum atomic E-state index is -1.49. The number of ether oxygens (including phenoxy) is 2. The fourth-order valence-corrected chi connectivity index (χ4v) is 5.13. The number of aliphatic hydroxyl groups is 4. The third kappa shape index (κ3) is 4.55. The van der Waals surface area contributed by atoms with Crippen LogP contribution in [0.2, 0.25) is 0 Å². The van der Waals surface area contributed by atoms with Crippen molar-refractivity contribution in [1.82, 2.24) is 9.78 Å². The van der Waals surface area contributed by atoms with Gasteiger partial charge in [-0.1, -0.05) is 37.1 Å². The molecule has 0 amide bonds. The van der Waals surface area contributed by atoms with Crippen LogP contribution in [0.3, 0.4) is 0 Å². The van der Waals surface area contributed by atoms with Gasteiger partial charge in [-0.15, -0.1) is 5.10 Å². The van der Waals surface area contributed by atoms with Gasteiger partial charge >= 0.3 is 0 Å². The van der Waals surface area contributed by atoms with Crippen LogP contribution in [0, 0.1) is 6.92 Å². The molecule has 33 heavy (non-hydrogen) atoms. The van der Waals surface area contributed by atoms with E-state index >= 15 is 0 Å². The summed E-state index contributed by atoms with van der Waals surface area (Å²) in [7, 11) is 0. The van der Waals surface area contributed by atoms with Gasteiger partial charge in [-0.05, 0) is 49.7 Å². The molecule has 3 fully saturated rings. The monoisotopic (exact) mass is 458 g/mol. The Kier molecular flexibility index (Phi) is 6.46. The highest BCUT2D eigenvalue weighted by Gasteiger charge is 2.45. The molecule has 1 saturated heterocycles. The van der Waals surface area contributed by atoms with Crippen LogP contribution in [0.15, 0.2) is 24.3 Å². The third-order valence-corrected chi connectivity index (χ3v) is 7.39. The molecule has 5 atom stereocenters. The highest BCUT2D eigenvalue weighted by atomic mass is 16.7. The molecule has 8 heteroatoms. The summed E-state index contributed by atoms with van der Waals surface area (Å²) in [5.41, 5.74) is 4.47. The molecule has 3 aliphatic rings. The van der Waals surface area contributed by atoms with Crippen molar-refractivity contribution in [2.24, 2.45) is 0 Å². The lowest BCUT2D eigenvalue weighted by atomic mass is 9.99. The summed E-state index contributed by atoms with van der Waals surface area (Å²) in [6, 6.07) is 9.01. The van der Waals surface area contributed by atoms with E-state index in [1.54, 1.807) is 0 Å². The van der Waals surface area contributed by atoms with E-state index in [1.807, 2.05) is 11.6 Å². The number of rotatable bonds is 7. The molecule has 0 spiro atoms. The van der Waals surface area contributed by atoms with E-state index in [0.717, 1.165) is 29.7 Å². The number of hydrogen-bond donors (Lipinski definition) is 4. The zero-order valence-electron chi connectivity index (χ0n) is 19.0. The smallest absolute Gasteiger partial charge is 0.239 e. The molecule has 5 rings (SSSR count). The van der Waals surface area contributed by atoms with E-state index in [0.29, 0.717) is 24.3 Å². The quantitative estimate of drug-likeness (QED) is 0.501. The van der Waals surface area contributed by atoms with E-state index < -0.39 is 37.3 Å². The van der Waals surface area contributed by atoms with Crippen LogP contribution < -0.4 is 4.74 Å². The van der Waals surface area contributed by atoms with E-state index in [2.05, 4.69) is 24.3 Å². The standard InChI is InChI=1S/C25H34N2O6/c1-14-19(12-15-6-8-16(9-7-15)17-10-11-17)24(26-27(14)18-4-2-3-5-18)33-25-23(31)22(30)21(29)20(13-28)32-25/h6-9,17-18,20-23,25,28-31H,2-5,10-13H2,1H3/t20-,21-,22+,23-,25?/m1/s1. The number of nitrogens with zero attached hydrogens (tertiary/aromatic N) is 2. The number of hydrogen-bond acceptors (Lipinski definition) is 7. The lowest BCUT2D eigenvalue weighted by Gasteiger charge is -2.39. The summed E-state index contributed by atoms with van der Waals surface area (Å²) in [5.74, 6) is 1.06. The zero-order chi connectivity index (χ0) is 23.1. The van der Waals surface area contributed by atoms with Gasteiger partial charge in [0, 0.05) is 17.7 Å². The first-order chi connectivity index (χ1) is 16.0. The number of benzene rings is 1. The zero-order valence-corrected chi connectivity index (χ0v) is 19.0. The van der Waals surface area contributed by atoms with Crippen LogP contribution in [0.5, 0.6) is 5.88 Å². The maximum atomic E-state index is 10.5. The van der Waals surface area contributed by atoms with Crippen LogP contribution in [-0.4, -0.2) is 67.5 Å². The topological polar surface area (TPSA) is 117 Å². The van der Waals surface area contributed by atoms with Gasteiger partial charge in [0.2, 0.25) is 12.2 Å². The predicted molar refractivity (Wildman–Crippen MR) is 120 cm³/mol. The van der Waals surface area contributed by atoms with Crippen LogP contribution >= 0.6 is 0 Å². The van der Waals surface area contributed by atoms with Crippen molar-refractivity contribution >= 4 is 0 Å². The lowest BCUT2D eigenvalue weighted by molar-refractivity contribution is -0.278. The molecule has 2 heterocycles. The SMILES string of the molecule is Cc1c(Cc2ccc(C3CC3)cc2)c(OC2O[C@H](CO)[C@@H](O)[C@H](O)[C@H]2O)nn1C1CCCC1. The molecular weight excluding hydrogens is 424 g/mol. The molecule has 1 aliphatic heterocycles. The average molecular weight is 459 g/mol. The fraction of sp³-hybridized carbons (Fsp3) is 0.640. The van der Waals surface area contributed by atoms with Gasteiger partial charge in [0.15, 0.2) is 0 Å². The minimum absolute atomic E-state index is 0.313. The number of aromatic nitrogens is 2. The van der Waals surface area contributed by atoms with E-state index in [4.69, 9.17) is 14.6 Å². The molecule has 1 unspecified atom stereocenters. The van der Waals surface area contributed by atoms with Crippen molar-refractivity contribution in [2.45, 2.75) is 94.5 Å². The Hall–Kier alpha value is -1.97. The van der Waals surface area contributed by atoms with Crippen molar-refractivity contribution in [3.05, 3.63) is 46.6 Å². The highest BCUT2D eigenvalue weighted by Crippen LogP contribution is 2.40. The summed E-state index contributed by atoms with van der Waals surface area (Å²) >= 11 is 0. The molecule has 1 aromatic carbocycles. The van der Waals surface area contributed by atoms with Crippen molar-refractivity contribution in [3.63, 3.8) is 0 Å². The van der Waals surface area contributed by atoms with Gasteiger partial charge in [-0.25, -0.2) is 0 Å². The first-order valence-corrected chi connectivity index (χ1v) is 12.1. The molecule has 2 aliphatic carbocycles. The van der Waals surface area contributed by atoms with E-state index in [1.165, 1.54) is 31.2 Å². The Morgan fingerprint density at radius 1 is 1.00 bits per heavy atom. The normalized spacial score (nSPS) is 30.6. The van der Waals surface area contributed by atoms with Crippen molar-refractivity contribution in [1.29, 1.82) is 0 Å². The molecular formula is C25H34N2O6. The average Bonchev–Trinajstić information content (AvgIpc) is 3.45. The Morgan fingerprint density at radius 2 is 1.70 bits per heavy atom. The Morgan fingerprint density at radius 3 is 2.33 bits per heavy atom. The van der Waals surface area contributed by atoms with Crippen LogP contribution in [0.25, 0.3) is 0 Å². The Bertz CT molecular complexity index is 949. The number of aliphatic hydroxyl groups excluding tert-OH is 4. The summed E-state index contributed by atoms with van der Waals surface area (Å²) in [4.78, 5) is 0.